The second-order valence-corrected chi connectivity index (χ2v) is 1.73. The molecule has 0 spiro atoms. The van der Waals surface area contributed by atoms with Crippen molar-refractivity contribution in [1.29, 1.82) is 0 Å². The molecule has 2 N–H and O–H groups in total. The fourth-order valence-corrected chi connectivity index (χ4v) is 0.602. The van der Waals surface area contributed by atoms with E-state index in [2.05, 4.69) is 0 Å². The van der Waals surface area contributed by atoms with Crippen molar-refractivity contribution in [2.24, 2.45) is 5.73 Å². The summed E-state index contributed by atoms with van der Waals surface area (Å²) in [6.07, 6.45) is 0. The van der Waals surface area contributed by atoms with Gasteiger partial charge in [0.2, 0.25) is 5.91 Å². The van der Waals surface area contributed by atoms with Crippen LogP contribution in [0.5, 0.6) is 0 Å². The summed E-state index contributed by atoms with van der Waals surface area (Å²) >= 11 is 0. The van der Waals surface area contributed by atoms with Crippen LogP contribution in [-0.2, 0) is 0 Å². The Kier molecular flexibility index (Phi) is 4.82. The van der Waals surface area contributed by atoms with Crippen molar-refractivity contribution >= 4 is 5.91 Å². The van der Waals surface area contributed by atoms with Crippen molar-refractivity contribution < 1.29 is 7.65 Å². The molecule has 0 aliphatic rings. The van der Waals surface area contributed by atoms with E-state index in [0.717, 1.165) is 0 Å². The summed E-state index contributed by atoms with van der Waals surface area (Å²) in [5, 5.41) is 0. The predicted molar refractivity (Wildman–Crippen MR) is 50.5 cm³/mol. The highest BCUT2D eigenvalue weighted by atomic mass is 16.1. The third-order valence-electron chi connectivity index (χ3n) is 1.06. The highest BCUT2D eigenvalue weighted by Crippen LogP contribution is 1.94. The highest BCUT2D eigenvalue weighted by molar-refractivity contribution is 5.92. The van der Waals surface area contributed by atoms with Crippen molar-refractivity contribution in [3.8, 4) is 0 Å². The van der Waals surface area contributed by atoms with Gasteiger partial charge in [0.05, 0.1) is 0 Å². The number of nitrogens with two attached hydrogens (primary N) is 1. The number of rotatable bonds is 1. The van der Waals surface area contributed by atoms with E-state index in [4.69, 9.17) is 5.73 Å². The molecule has 1 aromatic rings. The molecule has 11 heavy (non-hydrogen) atoms. The van der Waals surface area contributed by atoms with Crippen molar-refractivity contribution in [3.05, 3.63) is 35.9 Å². The van der Waals surface area contributed by atoms with E-state index >= 15 is 0 Å². The first kappa shape index (κ1) is 9.69. The number of hydrogen-bond donors (Lipinski definition) is 1. The van der Waals surface area contributed by atoms with E-state index < -0.39 is 0 Å². The molecular formula is C9H17NO. The Hall–Kier alpha value is -1.31. The summed E-state index contributed by atoms with van der Waals surface area (Å²) in [5.41, 5.74) is 5.53. The van der Waals surface area contributed by atoms with Gasteiger partial charge in [0.15, 0.2) is 0 Å². The highest BCUT2D eigenvalue weighted by Gasteiger charge is 1.93. The van der Waals surface area contributed by atoms with Gasteiger partial charge in [-0.05, 0) is 12.1 Å². The summed E-state index contributed by atoms with van der Waals surface area (Å²) in [7, 11) is 0. The molecule has 0 radical (unpaired) electrons. The maximum atomic E-state index is 10.4. The largest absolute Gasteiger partial charge is 0.366 e. The quantitative estimate of drug-likeness (QED) is 0.664. The molecule has 0 unspecified atom stereocenters. The number of amides is 1. The molecule has 0 aromatic heterocycles. The summed E-state index contributed by atoms with van der Waals surface area (Å²) in [5.74, 6) is -0.379. The average Bonchev–Trinajstić information content (AvgIpc) is 2.10. The van der Waals surface area contributed by atoms with E-state index in [9.17, 15) is 4.79 Å². The molecule has 2 heteroatoms. The minimum Gasteiger partial charge on any atom is -0.366 e. The third kappa shape index (κ3) is 3.40. The van der Waals surface area contributed by atoms with Crippen LogP contribution in [0.15, 0.2) is 30.3 Å². The molecule has 2 nitrogen and oxygen atoms in total. The van der Waals surface area contributed by atoms with Gasteiger partial charge in [0.25, 0.3) is 0 Å². The number of carbonyl (C=O) groups excluding carboxylic acids is 1. The lowest BCUT2D eigenvalue weighted by Gasteiger charge is -1.89. The molecular weight excluding hydrogens is 138 g/mol. The van der Waals surface area contributed by atoms with Crippen molar-refractivity contribution in [2.45, 2.75) is 13.8 Å². The van der Waals surface area contributed by atoms with Crippen LogP contribution in [0, 0.1) is 0 Å². The lowest BCUT2D eigenvalue weighted by molar-refractivity contribution is 0.100. The van der Waals surface area contributed by atoms with E-state index in [-0.39, 0.29) is 8.76 Å². The molecule has 0 saturated heterocycles. The standard InChI is InChI=1S/C7H7NO.C2H6.2H2/c8-7(9)6-4-2-1-3-5-6;1-2;;/h1-5H,(H2,8,9);1-2H3;2*1H. The molecule has 0 saturated carbocycles. The van der Waals surface area contributed by atoms with Crippen LogP contribution < -0.4 is 5.73 Å². The maximum absolute atomic E-state index is 10.4. The van der Waals surface area contributed by atoms with Gasteiger partial charge in [0.1, 0.15) is 0 Å². The lowest BCUT2D eigenvalue weighted by atomic mass is 10.2. The molecule has 1 amide bonds. The molecule has 0 heterocycles. The Bertz CT molecular complexity index is 214. The van der Waals surface area contributed by atoms with Crippen molar-refractivity contribution in [2.75, 3.05) is 0 Å². The van der Waals surface area contributed by atoms with Gasteiger partial charge < -0.3 is 5.73 Å². The average molecular weight is 155 g/mol. The summed E-state index contributed by atoms with van der Waals surface area (Å²) in [6.45, 7) is 4.00. The smallest absolute Gasteiger partial charge is 0.248 e. The van der Waals surface area contributed by atoms with Crippen LogP contribution in [0.2, 0.25) is 0 Å². The van der Waals surface area contributed by atoms with Crippen LogP contribution in [0.1, 0.15) is 27.1 Å². The minimum absolute atomic E-state index is 0. The van der Waals surface area contributed by atoms with Crippen LogP contribution in [0.25, 0.3) is 0 Å². The zero-order valence-electron chi connectivity index (χ0n) is 6.87. The minimum atomic E-state index is -0.379. The fraction of sp³-hybridized carbons (Fsp3) is 0.222. The summed E-state index contributed by atoms with van der Waals surface area (Å²) < 4.78 is 0. The maximum Gasteiger partial charge on any atom is 0.248 e. The van der Waals surface area contributed by atoms with E-state index in [1.165, 1.54) is 0 Å². The van der Waals surface area contributed by atoms with Crippen LogP contribution in [0.3, 0.4) is 0 Å². The summed E-state index contributed by atoms with van der Waals surface area (Å²) in [6, 6.07) is 8.76. The van der Waals surface area contributed by atoms with Gasteiger partial charge in [-0.15, -0.1) is 0 Å². The number of primary amides is 1. The SMILES string of the molecule is CC.NC(=O)c1ccccc1.[HH].[HH]. The second-order valence-electron chi connectivity index (χ2n) is 1.73. The zero-order valence-corrected chi connectivity index (χ0v) is 6.87. The Balaban J connectivity index is -0.000000234. The van der Waals surface area contributed by atoms with Gasteiger partial charge in [-0.25, -0.2) is 0 Å². The summed E-state index contributed by atoms with van der Waals surface area (Å²) in [4.78, 5) is 10.4. The molecule has 1 aromatic carbocycles. The van der Waals surface area contributed by atoms with Crippen molar-refractivity contribution in [1.82, 2.24) is 0 Å². The Morgan fingerprint density at radius 3 is 2.00 bits per heavy atom. The van der Waals surface area contributed by atoms with E-state index in [1.807, 2.05) is 19.9 Å². The molecule has 0 aliphatic heterocycles. The Morgan fingerprint density at radius 2 is 1.73 bits per heavy atom. The fourth-order valence-electron chi connectivity index (χ4n) is 0.602. The first-order valence-corrected chi connectivity index (χ1v) is 3.65. The van der Waals surface area contributed by atoms with Gasteiger partial charge in [0, 0.05) is 8.42 Å². The first-order chi connectivity index (χ1) is 5.30. The third-order valence-corrected chi connectivity index (χ3v) is 1.06. The molecule has 0 atom stereocenters. The predicted octanol–water partition coefficient (Wildman–Crippen LogP) is 2.30. The van der Waals surface area contributed by atoms with E-state index in [1.54, 1.807) is 24.3 Å². The molecule has 0 fully saturated rings. The van der Waals surface area contributed by atoms with Gasteiger partial charge in [-0.1, -0.05) is 32.0 Å². The second kappa shape index (κ2) is 5.47. The normalized spacial score (nSPS) is 7.82. The molecule has 64 valence electrons. The van der Waals surface area contributed by atoms with Gasteiger partial charge in [-0.3, -0.25) is 4.79 Å². The van der Waals surface area contributed by atoms with Crippen molar-refractivity contribution in [3.63, 3.8) is 0 Å². The van der Waals surface area contributed by atoms with Crippen LogP contribution in [-0.4, -0.2) is 5.91 Å². The molecule has 1 rings (SSSR count). The Morgan fingerprint density at radius 1 is 1.27 bits per heavy atom. The topological polar surface area (TPSA) is 43.1 Å². The molecule has 0 aliphatic carbocycles. The van der Waals surface area contributed by atoms with E-state index in [0.29, 0.717) is 5.56 Å². The van der Waals surface area contributed by atoms with Crippen LogP contribution >= 0.6 is 0 Å². The first-order valence-electron chi connectivity index (χ1n) is 3.65. The number of benzene rings is 1. The van der Waals surface area contributed by atoms with Gasteiger partial charge in [-0.2, -0.15) is 0 Å². The lowest BCUT2D eigenvalue weighted by Crippen LogP contribution is -2.09. The number of carbonyl (C=O) groups is 1. The number of hydrogen-bond acceptors (Lipinski definition) is 1. The molecule has 0 bridgehead atoms. The monoisotopic (exact) mass is 155 g/mol. The van der Waals surface area contributed by atoms with Gasteiger partial charge >= 0.3 is 0 Å². The Labute approximate surface area is 70.0 Å². The van der Waals surface area contributed by atoms with Crippen LogP contribution in [0.4, 0.5) is 0 Å². The zero-order chi connectivity index (χ0) is 8.69.